The van der Waals surface area contributed by atoms with Gasteiger partial charge in [0.25, 0.3) is 5.91 Å². The second kappa shape index (κ2) is 9.27. The average Bonchev–Trinajstić information content (AvgIpc) is 3.63. The lowest BCUT2D eigenvalue weighted by atomic mass is 10.1. The summed E-state index contributed by atoms with van der Waals surface area (Å²) in [7, 11) is 1.63. The fraction of sp³-hybridized carbons (Fsp3) is 0.182. The van der Waals surface area contributed by atoms with Crippen molar-refractivity contribution in [2.24, 2.45) is 5.10 Å². The smallest absolute Gasteiger partial charge is 0.253 e. The number of aromatic nitrogens is 3. The van der Waals surface area contributed by atoms with Crippen LogP contribution in [0.5, 0.6) is 5.75 Å². The Morgan fingerprint density at radius 3 is 2.78 bits per heavy atom. The van der Waals surface area contributed by atoms with Crippen LogP contribution in [-0.2, 0) is 4.79 Å². The molecule has 0 spiro atoms. The van der Waals surface area contributed by atoms with Gasteiger partial charge in [-0.25, -0.2) is 5.01 Å². The number of thiophene rings is 2. The molecule has 0 unspecified atom stereocenters. The molecule has 1 atom stereocenters. The Morgan fingerprint density at radius 1 is 1.16 bits per heavy atom. The van der Waals surface area contributed by atoms with Crippen LogP contribution in [0.3, 0.4) is 0 Å². The van der Waals surface area contributed by atoms with Crippen LogP contribution in [0.2, 0.25) is 0 Å². The lowest BCUT2D eigenvalue weighted by Crippen LogP contribution is -2.28. The number of hydrazone groups is 1. The van der Waals surface area contributed by atoms with Gasteiger partial charge in [-0.1, -0.05) is 36.0 Å². The molecule has 4 heterocycles. The molecule has 0 N–H and O–H groups in total. The zero-order chi connectivity index (χ0) is 21.9. The summed E-state index contributed by atoms with van der Waals surface area (Å²) < 4.78 is 7.29. The molecule has 1 amide bonds. The third-order valence-corrected chi connectivity index (χ3v) is 7.85. The zero-order valence-electron chi connectivity index (χ0n) is 17.1. The summed E-state index contributed by atoms with van der Waals surface area (Å²) in [4.78, 5) is 15.5. The van der Waals surface area contributed by atoms with E-state index in [4.69, 9.17) is 9.84 Å². The van der Waals surface area contributed by atoms with Crippen LogP contribution < -0.4 is 4.74 Å². The molecular formula is C22H19N5O2S3. The highest BCUT2D eigenvalue weighted by Gasteiger charge is 2.34. The largest absolute Gasteiger partial charge is 0.495 e. The van der Waals surface area contributed by atoms with E-state index in [1.54, 1.807) is 41.1 Å². The summed E-state index contributed by atoms with van der Waals surface area (Å²) in [5.74, 6) is 0.856. The van der Waals surface area contributed by atoms with Crippen molar-refractivity contribution in [3.8, 4) is 11.4 Å². The fourth-order valence-electron chi connectivity index (χ4n) is 3.54. The van der Waals surface area contributed by atoms with Crippen LogP contribution >= 0.6 is 34.4 Å². The van der Waals surface area contributed by atoms with Gasteiger partial charge in [0.1, 0.15) is 12.1 Å². The molecule has 0 bridgehead atoms. The number of thioether (sulfide) groups is 1. The molecule has 0 saturated carbocycles. The SMILES string of the molecule is COc1ccccc1-n1cnnc1SCC(=O)N1N=C(c2cccs2)C[C@H]1c1cccs1. The Hall–Kier alpha value is -2.95. The number of rotatable bonds is 7. The van der Waals surface area contributed by atoms with Gasteiger partial charge in [-0.3, -0.25) is 9.36 Å². The number of methoxy groups -OCH3 is 1. The molecule has 32 heavy (non-hydrogen) atoms. The maximum atomic E-state index is 13.3. The maximum absolute atomic E-state index is 13.3. The molecule has 0 fully saturated rings. The van der Waals surface area contributed by atoms with E-state index in [0.29, 0.717) is 10.9 Å². The fourth-order valence-corrected chi connectivity index (χ4v) is 5.85. The zero-order valence-corrected chi connectivity index (χ0v) is 19.6. The minimum atomic E-state index is -0.0766. The standard InChI is InChI=1S/C22H19N5O2S3/c1-29-18-7-3-2-6-16(18)26-14-23-24-22(26)32-13-21(28)27-17(20-9-5-11-31-20)12-15(25-27)19-8-4-10-30-19/h2-11,14,17H,12-13H2,1H3/t17-/m0/s1. The van der Waals surface area contributed by atoms with Crippen molar-refractivity contribution < 1.29 is 9.53 Å². The first-order chi connectivity index (χ1) is 15.7. The van der Waals surface area contributed by atoms with Crippen molar-refractivity contribution in [3.05, 3.63) is 75.4 Å². The second-order valence-corrected chi connectivity index (χ2v) is 9.81. The molecule has 4 aromatic rings. The van der Waals surface area contributed by atoms with E-state index in [1.165, 1.54) is 11.8 Å². The predicted octanol–water partition coefficient (Wildman–Crippen LogP) is 4.87. The normalized spacial score (nSPS) is 15.7. The van der Waals surface area contributed by atoms with Gasteiger partial charge in [0.15, 0.2) is 5.16 Å². The van der Waals surface area contributed by atoms with Crippen LogP contribution in [0, 0.1) is 0 Å². The van der Waals surface area contributed by atoms with Crippen LogP contribution in [0.25, 0.3) is 5.69 Å². The minimum absolute atomic E-state index is 0.0606. The van der Waals surface area contributed by atoms with E-state index in [1.807, 2.05) is 57.8 Å². The molecule has 1 aliphatic heterocycles. The third kappa shape index (κ3) is 4.08. The van der Waals surface area contributed by atoms with Crippen LogP contribution in [0.15, 0.2) is 75.9 Å². The quantitative estimate of drug-likeness (QED) is 0.352. The van der Waals surface area contributed by atoms with E-state index in [0.717, 1.165) is 27.6 Å². The summed E-state index contributed by atoms with van der Waals surface area (Å²) in [6.07, 6.45) is 2.34. The lowest BCUT2D eigenvalue weighted by molar-refractivity contribution is -0.130. The van der Waals surface area contributed by atoms with Gasteiger partial charge in [-0.2, -0.15) is 5.10 Å². The molecule has 0 aliphatic carbocycles. The average molecular weight is 482 g/mol. The molecule has 0 radical (unpaired) electrons. The molecule has 1 aliphatic rings. The molecule has 7 nitrogen and oxygen atoms in total. The van der Waals surface area contributed by atoms with Crippen LogP contribution in [0.1, 0.15) is 22.2 Å². The van der Waals surface area contributed by atoms with Gasteiger partial charge < -0.3 is 4.74 Å². The summed E-state index contributed by atoms with van der Waals surface area (Å²) in [5, 5.41) is 19.3. The highest BCUT2D eigenvalue weighted by Crippen LogP contribution is 2.36. The van der Waals surface area contributed by atoms with Crippen LogP contribution in [-0.4, -0.2) is 44.3 Å². The minimum Gasteiger partial charge on any atom is -0.495 e. The first-order valence-corrected chi connectivity index (χ1v) is 12.6. The summed E-state index contributed by atoms with van der Waals surface area (Å²) in [6, 6.07) is 15.7. The number of ether oxygens (including phenoxy) is 1. The number of benzene rings is 1. The van der Waals surface area contributed by atoms with Crippen LogP contribution in [0.4, 0.5) is 0 Å². The van der Waals surface area contributed by atoms with Crippen molar-refractivity contribution in [1.29, 1.82) is 0 Å². The highest BCUT2D eigenvalue weighted by molar-refractivity contribution is 7.99. The van der Waals surface area contributed by atoms with Gasteiger partial charge >= 0.3 is 0 Å². The Labute approximate surface area is 197 Å². The van der Waals surface area contributed by atoms with Crippen molar-refractivity contribution in [2.45, 2.75) is 17.6 Å². The number of carbonyl (C=O) groups excluding carboxylic acids is 1. The van der Waals surface area contributed by atoms with Gasteiger partial charge in [0.05, 0.1) is 35.2 Å². The van der Waals surface area contributed by atoms with E-state index in [-0.39, 0.29) is 17.7 Å². The number of amides is 1. The van der Waals surface area contributed by atoms with E-state index < -0.39 is 0 Å². The Kier molecular flexibility index (Phi) is 6.06. The Balaban J connectivity index is 1.36. The van der Waals surface area contributed by atoms with Gasteiger partial charge in [0, 0.05) is 11.3 Å². The molecule has 162 valence electrons. The van der Waals surface area contributed by atoms with Gasteiger partial charge in [-0.15, -0.1) is 32.9 Å². The van der Waals surface area contributed by atoms with Crippen molar-refractivity contribution in [1.82, 2.24) is 19.8 Å². The molecule has 10 heteroatoms. The molecular weight excluding hydrogens is 462 g/mol. The Bertz CT molecular complexity index is 1230. The number of hydrogen-bond donors (Lipinski definition) is 0. The number of carbonyl (C=O) groups is 1. The predicted molar refractivity (Wildman–Crippen MR) is 128 cm³/mol. The number of hydrogen-bond acceptors (Lipinski definition) is 8. The van der Waals surface area contributed by atoms with E-state index in [9.17, 15) is 4.79 Å². The Morgan fingerprint density at radius 2 is 2.00 bits per heavy atom. The summed E-state index contributed by atoms with van der Waals surface area (Å²) in [6.45, 7) is 0. The molecule has 0 saturated heterocycles. The molecule has 5 rings (SSSR count). The molecule has 3 aromatic heterocycles. The van der Waals surface area contributed by atoms with E-state index >= 15 is 0 Å². The van der Waals surface area contributed by atoms with E-state index in [2.05, 4.69) is 16.3 Å². The topological polar surface area (TPSA) is 72.6 Å². The van der Waals surface area contributed by atoms with Crippen molar-refractivity contribution in [3.63, 3.8) is 0 Å². The third-order valence-electron chi connectivity index (χ3n) is 5.03. The van der Waals surface area contributed by atoms with Crippen molar-refractivity contribution >= 4 is 46.1 Å². The number of nitrogens with zero attached hydrogens (tertiary/aromatic N) is 5. The molecule has 1 aromatic carbocycles. The first kappa shape index (κ1) is 20.9. The van der Waals surface area contributed by atoms with Gasteiger partial charge in [-0.05, 0) is 35.0 Å². The number of para-hydroxylation sites is 2. The summed E-state index contributed by atoms with van der Waals surface area (Å²) in [5.41, 5.74) is 1.78. The second-order valence-electron chi connectivity index (χ2n) is 6.94. The lowest BCUT2D eigenvalue weighted by Gasteiger charge is -2.20. The highest BCUT2D eigenvalue weighted by atomic mass is 32.2. The van der Waals surface area contributed by atoms with Crippen molar-refractivity contribution in [2.75, 3.05) is 12.9 Å². The summed E-state index contributed by atoms with van der Waals surface area (Å²) >= 11 is 4.63. The maximum Gasteiger partial charge on any atom is 0.253 e. The first-order valence-electron chi connectivity index (χ1n) is 9.87. The monoisotopic (exact) mass is 481 g/mol. The van der Waals surface area contributed by atoms with Gasteiger partial charge in [0.2, 0.25) is 0 Å².